The molecule has 0 bridgehead atoms. The lowest BCUT2D eigenvalue weighted by atomic mass is 10.2. The van der Waals surface area contributed by atoms with E-state index in [0.717, 1.165) is 24.3 Å². The van der Waals surface area contributed by atoms with Gasteiger partial charge in [-0.2, -0.15) is 0 Å². The molecule has 0 aliphatic heterocycles. The molecule has 0 aliphatic rings. The Hall–Kier alpha value is -2.50. The number of methoxy groups -OCH3 is 1. The fraction of sp³-hybridized carbons (Fsp3) is 0.353. The second-order valence-electron chi connectivity index (χ2n) is 4.95. The van der Waals surface area contributed by atoms with Crippen molar-refractivity contribution in [3.05, 3.63) is 53.7 Å². The maximum atomic E-state index is 13.5. The van der Waals surface area contributed by atoms with Gasteiger partial charge < -0.3 is 19.8 Å². The molecular formula is C17H22FN3O2. The predicted octanol–water partition coefficient (Wildman–Crippen LogP) is 2.73. The lowest BCUT2D eigenvalue weighted by molar-refractivity contribution is 0.410. The van der Waals surface area contributed by atoms with Gasteiger partial charge in [0.25, 0.3) is 0 Å². The van der Waals surface area contributed by atoms with Crippen molar-refractivity contribution < 1.29 is 13.5 Å². The summed E-state index contributed by atoms with van der Waals surface area (Å²) in [5, 5.41) is 6.39. The zero-order valence-corrected chi connectivity index (χ0v) is 13.4. The van der Waals surface area contributed by atoms with Crippen LogP contribution in [0, 0.1) is 5.82 Å². The molecule has 124 valence electrons. The number of hydrogen-bond acceptors (Lipinski definition) is 3. The van der Waals surface area contributed by atoms with Crippen molar-refractivity contribution in [2.24, 2.45) is 4.99 Å². The molecule has 1 aromatic carbocycles. The molecule has 0 aliphatic carbocycles. The second-order valence-corrected chi connectivity index (χ2v) is 4.95. The van der Waals surface area contributed by atoms with Crippen molar-refractivity contribution in [3.63, 3.8) is 0 Å². The molecule has 0 saturated carbocycles. The summed E-state index contributed by atoms with van der Waals surface area (Å²) in [7, 11) is 1.52. The summed E-state index contributed by atoms with van der Waals surface area (Å²) in [6.45, 7) is 3.81. The zero-order chi connectivity index (χ0) is 16.5. The van der Waals surface area contributed by atoms with E-state index in [1.54, 1.807) is 12.3 Å². The number of benzene rings is 1. The van der Waals surface area contributed by atoms with Gasteiger partial charge in [-0.1, -0.05) is 0 Å². The molecule has 1 aromatic heterocycles. The SMILES string of the molecule is CCNC(=NCc1cc(F)cc(OC)c1)NCCc1ccco1. The first-order chi connectivity index (χ1) is 11.2. The highest BCUT2D eigenvalue weighted by atomic mass is 19.1. The van der Waals surface area contributed by atoms with Gasteiger partial charge in [-0.05, 0) is 36.8 Å². The van der Waals surface area contributed by atoms with Crippen LogP contribution in [0.4, 0.5) is 4.39 Å². The van der Waals surface area contributed by atoms with Crippen molar-refractivity contribution >= 4 is 5.96 Å². The number of ether oxygens (including phenoxy) is 1. The Kier molecular flexibility index (Phi) is 6.47. The molecule has 2 N–H and O–H groups in total. The third-order valence-electron chi connectivity index (χ3n) is 3.17. The van der Waals surface area contributed by atoms with E-state index in [1.807, 2.05) is 19.1 Å². The van der Waals surface area contributed by atoms with E-state index in [2.05, 4.69) is 15.6 Å². The number of rotatable bonds is 7. The van der Waals surface area contributed by atoms with E-state index in [4.69, 9.17) is 9.15 Å². The minimum Gasteiger partial charge on any atom is -0.497 e. The molecule has 23 heavy (non-hydrogen) atoms. The maximum Gasteiger partial charge on any atom is 0.191 e. The van der Waals surface area contributed by atoms with Crippen LogP contribution < -0.4 is 15.4 Å². The van der Waals surface area contributed by atoms with E-state index in [1.165, 1.54) is 19.2 Å². The minimum absolute atomic E-state index is 0.328. The third-order valence-corrected chi connectivity index (χ3v) is 3.17. The smallest absolute Gasteiger partial charge is 0.191 e. The number of guanidine groups is 1. The zero-order valence-electron chi connectivity index (χ0n) is 13.4. The fourth-order valence-corrected chi connectivity index (χ4v) is 2.10. The van der Waals surface area contributed by atoms with E-state index >= 15 is 0 Å². The summed E-state index contributed by atoms with van der Waals surface area (Å²) in [4.78, 5) is 4.46. The average molecular weight is 319 g/mol. The Bertz CT molecular complexity index is 627. The topological polar surface area (TPSA) is 58.8 Å². The van der Waals surface area contributed by atoms with Gasteiger partial charge in [0.1, 0.15) is 17.3 Å². The predicted molar refractivity (Wildman–Crippen MR) is 88.2 cm³/mol. The normalized spacial score (nSPS) is 11.3. The van der Waals surface area contributed by atoms with Gasteiger partial charge in [0.15, 0.2) is 5.96 Å². The van der Waals surface area contributed by atoms with Crippen molar-refractivity contribution in [2.75, 3.05) is 20.2 Å². The lowest BCUT2D eigenvalue weighted by Gasteiger charge is -2.11. The van der Waals surface area contributed by atoms with E-state index < -0.39 is 0 Å². The number of hydrogen-bond donors (Lipinski definition) is 2. The highest BCUT2D eigenvalue weighted by Gasteiger charge is 2.03. The molecule has 1 heterocycles. The largest absolute Gasteiger partial charge is 0.497 e. The molecule has 5 nitrogen and oxygen atoms in total. The molecule has 0 atom stereocenters. The second kappa shape index (κ2) is 8.82. The van der Waals surface area contributed by atoms with Gasteiger partial charge in [-0.15, -0.1) is 0 Å². The Balaban J connectivity index is 1.93. The first kappa shape index (κ1) is 16.9. The summed E-state index contributed by atoms with van der Waals surface area (Å²) in [6, 6.07) is 8.38. The number of aliphatic imine (C=N–C) groups is 1. The molecule has 0 radical (unpaired) electrons. The molecule has 0 spiro atoms. The first-order valence-corrected chi connectivity index (χ1v) is 7.59. The Labute approximate surface area is 135 Å². The highest BCUT2D eigenvalue weighted by molar-refractivity contribution is 5.79. The van der Waals surface area contributed by atoms with E-state index in [0.29, 0.717) is 24.8 Å². The van der Waals surface area contributed by atoms with Gasteiger partial charge >= 0.3 is 0 Å². The molecule has 0 amide bonds. The van der Waals surface area contributed by atoms with Gasteiger partial charge in [0.05, 0.1) is 19.9 Å². The average Bonchev–Trinajstić information content (AvgIpc) is 3.05. The van der Waals surface area contributed by atoms with Crippen LogP contribution in [-0.4, -0.2) is 26.2 Å². The van der Waals surface area contributed by atoms with Crippen LogP contribution in [0.25, 0.3) is 0 Å². The first-order valence-electron chi connectivity index (χ1n) is 7.59. The molecule has 2 aromatic rings. The number of furan rings is 1. The fourth-order valence-electron chi connectivity index (χ4n) is 2.10. The van der Waals surface area contributed by atoms with Crippen LogP contribution in [-0.2, 0) is 13.0 Å². The van der Waals surface area contributed by atoms with Crippen LogP contribution in [0.5, 0.6) is 5.75 Å². The summed E-state index contributed by atoms with van der Waals surface area (Å²) < 4.78 is 23.8. The number of nitrogens with zero attached hydrogens (tertiary/aromatic N) is 1. The molecule has 6 heteroatoms. The lowest BCUT2D eigenvalue weighted by Crippen LogP contribution is -2.38. The van der Waals surface area contributed by atoms with Crippen LogP contribution >= 0.6 is 0 Å². The van der Waals surface area contributed by atoms with Crippen molar-refractivity contribution in [1.82, 2.24) is 10.6 Å². The monoisotopic (exact) mass is 319 g/mol. The van der Waals surface area contributed by atoms with Crippen molar-refractivity contribution in [1.29, 1.82) is 0 Å². The third kappa shape index (κ3) is 5.65. The Morgan fingerprint density at radius 2 is 2.17 bits per heavy atom. The molecule has 0 saturated heterocycles. The summed E-state index contributed by atoms with van der Waals surface area (Å²) in [6.07, 6.45) is 2.43. The van der Waals surface area contributed by atoms with Crippen molar-refractivity contribution in [3.8, 4) is 5.75 Å². The van der Waals surface area contributed by atoms with Crippen LogP contribution in [0.3, 0.4) is 0 Å². The van der Waals surface area contributed by atoms with E-state index in [-0.39, 0.29) is 5.82 Å². The van der Waals surface area contributed by atoms with Crippen LogP contribution in [0.2, 0.25) is 0 Å². The maximum absolute atomic E-state index is 13.5. The molecular weight excluding hydrogens is 297 g/mol. The van der Waals surface area contributed by atoms with Gasteiger partial charge in [0.2, 0.25) is 0 Å². The Morgan fingerprint density at radius 3 is 2.87 bits per heavy atom. The minimum atomic E-state index is -0.328. The molecule has 2 rings (SSSR count). The molecule has 0 fully saturated rings. The van der Waals surface area contributed by atoms with E-state index in [9.17, 15) is 4.39 Å². The standard InChI is InChI=1S/C17H22FN3O2/c1-3-19-17(20-7-6-15-5-4-8-23-15)21-12-13-9-14(18)11-16(10-13)22-2/h4-5,8-11H,3,6-7,12H2,1-2H3,(H2,19,20,21). The highest BCUT2D eigenvalue weighted by Crippen LogP contribution is 2.16. The van der Waals surface area contributed by atoms with Gasteiger partial charge in [0, 0.05) is 25.6 Å². The van der Waals surface area contributed by atoms with Crippen LogP contribution in [0.15, 0.2) is 46.0 Å². The van der Waals surface area contributed by atoms with Gasteiger partial charge in [-0.25, -0.2) is 9.38 Å². The van der Waals surface area contributed by atoms with Crippen molar-refractivity contribution in [2.45, 2.75) is 19.9 Å². The summed E-state index contributed by atoms with van der Waals surface area (Å²) in [5.41, 5.74) is 0.755. The van der Waals surface area contributed by atoms with Crippen LogP contribution in [0.1, 0.15) is 18.2 Å². The molecule has 0 unspecified atom stereocenters. The number of nitrogens with one attached hydrogen (secondary N) is 2. The summed E-state index contributed by atoms with van der Waals surface area (Å²) in [5.74, 6) is 1.77. The Morgan fingerprint density at radius 1 is 1.30 bits per heavy atom. The van der Waals surface area contributed by atoms with Gasteiger partial charge in [-0.3, -0.25) is 0 Å². The summed E-state index contributed by atoms with van der Waals surface area (Å²) >= 11 is 0. The quantitative estimate of drug-likeness (QED) is 0.608. The number of halogens is 1.